The van der Waals surface area contributed by atoms with E-state index >= 15 is 0 Å². The molecule has 1 aliphatic carbocycles. The lowest BCUT2D eigenvalue weighted by Crippen LogP contribution is -2.31. The van der Waals surface area contributed by atoms with Crippen molar-refractivity contribution < 1.29 is 4.79 Å². The van der Waals surface area contributed by atoms with Gasteiger partial charge in [0.05, 0.1) is 10.6 Å². The Morgan fingerprint density at radius 2 is 2.00 bits per heavy atom. The summed E-state index contributed by atoms with van der Waals surface area (Å²) >= 11 is 17.8. The number of carbonyl (C=O) groups excluding carboxylic acids is 1. The van der Waals surface area contributed by atoms with Crippen molar-refractivity contribution in [3.63, 3.8) is 0 Å². The van der Waals surface area contributed by atoms with Crippen LogP contribution >= 0.6 is 34.8 Å². The molecule has 19 heavy (non-hydrogen) atoms. The van der Waals surface area contributed by atoms with Gasteiger partial charge in [-0.1, -0.05) is 29.6 Å². The first-order chi connectivity index (χ1) is 9.11. The lowest BCUT2D eigenvalue weighted by atomic mass is 9.98. The van der Waals surface area contributed by atoms with Gasteiger partial charge >= 0.3 is 0 Å². The maximum absolute atomic E-state index is 12.1. The number of carbonyl (C=O) groups is 1. The number of rotatable bonds is 4. The van der Waals surface area contributed by atoms with Gasteiger partial charge in [-0.15, -0.1) is 11.6 Å². The third kappa shape index (κ3) is 3.77. The number of halogens is 3. The minimum atomic E-state index is -0.173. The van der Waals surface area contributed by atoms with E-state index in [2.05, 4.69) is 5.32 Å². The van der Waals surface area contributed by atoms with E-state index in [-0.39, 0.29) is 5.91 Å². The summed E-state index contributed by atoms with van der Waals surface area (Å²) in [5, 5.41) is 3.86. The molecule has 2 rings (SSSR count). The van der Waals surface area contributed by atoms with Gasteiger partial charge in [0.25, 0.3) is 5.91 Å². The first-order valence-electron chi connectivity index (χ1n) is 6.41. The van der Waals surface area contributed by atoms with Crippen LogP contribution in [0.5, 0.6) is 0 Å². The van der Waals surface area contributed by atoms with Crippen LogP contribution in [0.4, 0.5) is 0 Å². The number of alkyl halides is 1. The Balaban J connectivity index is 1.96. The molecule has 0 bridgehead atoms. The van der Waals surface area contributed by atoms with E-state index in [0.717, 1.165) is 12.8 Å². The fourth-order valence-electron chi connectivity index (χ4n) is 2.58. The fourth-order valence-corrected chi connectivity index (χ4v) is 3.36. The van der Waals surface area contributed by atoms with Crippen molar-refractivity contribution in [1.82, 2.24) is 5.32 Å². The van der Waals surface area contributed by atoms with Crippen molar-refractivity contribution in [1.29, 1.82) is 0 Å². The number of hydrogen-bond acceptors (Lipinski definition) is 1. The summed E-state index contributed by atoms with van der Waals surface area (Å²) < 4.78 is 0. The minimum Gasteiger partial charge on any atom is -0.352 e. The van der Waals surface area contributed by atoms with Gasteiger partial charge in [-0.25, -0.2) is 0 Å². The lowest BCUT2D eigenvalue weighted by Gasteiger charge is -2.17. The smallest absolute Gasteiger partial charge is 0.252 e. The van der Waals surface area contributed by atoms with Gasteiger partial charge in [0, 0.05) is 17.4 Å². The molecule has 1 amide bonds. The molecule has 0 aromatic heterocycles. The van der Waals surface area contributed by atoms with E-state index in [9.17, 15) is 4.79 Å². The highest BCUT2D eigenvalue weighted by Gasteiger charge is 2.26. The standard InChI is InChI=1S/C14H16Cl3NO/c15-7-9-2-1-3-10(9)8-18-14(19)12-6-11(16)4-5-13(12)17/h4-6,9-10H,1-3,7-8H2,(H,18,19). The molecule has 1 aromatic carbocycles. The highest BCUT2D eigenvalue weighted by molar-refractivity contribution is 6.35. The minimum absolute atomic E-state index is 0.173. The summed E-state index contributed by atoms with van der Waals surface area (Å²) in [6, 6.07) is 4.89. The van der Waals surface area contributed by atoms with Gasteiger partial charge < -0.3 is 5.32 Å². The second kappa shape index (κ2) is 6.83. The van der Waals surface area contributed by atoms with Crippen molar-refractivity contribution in [2.24, 2.45) is 11.8 Å². The molecule has 2 nitrogen and oxygen atoms in total. The number of amides is 1. The zero-order valence-electron chi connectivity index (χ0n) is 10.5. The van der Waals surface area contributed by atoms with Crippen LogP contribution in [-0.4, -0.2) is 18.3 Å². The Morgan fingerprint density at radius 3 is 2.74 bits per heavy atom. The predicted octanol–water partition coefficient (Wildman–Crippen LogP) is 4.38. The summed E-state index contributed by atoms with van der Waals surface area (Å²) in [6.45, 7) is 0.652. The van der Waals surface area contributed by atoms with Gasteiger partial charge in [0.15, 0.2) is 0 Å². The molecule has 1 N–H and O–H groups in total. The summed E-state index contributed by atoms with van der Waals surface area (Å²) in [4.78, 5) is 12.1. The van der Waals surface area contributed by atoms with Crippen molar-refractivity contribution >= 4 is 40.7 Å². The SMILES string of the molecule is O=C(NCC1CCCC1CCl)c1cc(Cl)ccc1Cl. The highest BCUT2D eigenvalue weighted by atomic mass is 35.5. The molecule has 0 spiro atoms. The van der Waals surface area contributed by atoms with E-state index in [1.54, 1.807) is 18.2 Å². The van der Waals surface area contributed by atoms with E-state index in [0.29, 0.717) is 39.9 Å². The lowest BCUT2D eigenvalue weighted by molar-refractivity contribution is 0.0945. The fraction of sp³-hybridized carbons (Fsp3) is 0.500. The van der Waals surface area contributed by atoms with Gasteiger partial charge in [-0.2, -0.15) is 0 Å². The van der Waals surface area contributed by atoms with Crippen LogP contribution in [0, 0.1) is 11.8 Å². The zero-order chi connectivity index (χ0) is 13.8. The Kier molecular flexibility index (Phi) is 5.37. The van der Waals surface area contributed by atoms with Crippen LogP contribution in [0.1, 0.15) is 29.6 Å². The quantitative estimate of drug-likeness (QED) is 0.820. The average Bonchev–Trinajstić information content (AvgIpc) is 2.86. The van der Waals surface area contributed by atoms with Crippen LogP contribution in [-0.2, 0) is 0 Å². The third-order valence-corrected chi connectivity index (χ3v) is 4.67. The second-order valence-corrected chi connectivity index (χ2v) is 6.09. The Bertz CT molecular complexity index is 464. The molecule has 1 aliphatic rings. The Morgan fingerprint density at radius 1 is 1.26 bits per heavy atom. The molecule has 0 aliphatic heterocycles. The molecule has 1 fully saturated rings. The molecular formula is C14H16Cl3NO. The molecule has 5 heteroatoms. The molecular weight excluding hydrogens is 305 g/mol. The van der Waals surface area contributed by atoms with Crippen LogP contribution in [0.25, 0.3) is 0 Å². The van der Waals surface area contributed by atoms with Gasteiger partial charge in [0.1, 0.15) is 0 Å². The molecule has 2 unspecified atom stereocenters. The number of benzene rings is 1. The predicted molar refractivity (Wildman–Crippen MR) is 80.3 cm³/mol. The first kappa shape index (κ1) is 15.0. The van der Waals surface area contributed by atoms with Gasteiger partial charge in [0.2, 0.25) is 0 Å². The summed E-state index contributed by atoms with van der Waals surface area (Å²) in [7, 11) is 0. The molecule has 0 radical (unpaired) electrons. The maximum atomic E-state index is 12.1. The Hall–Kier alpha value is -0.440. The van der Waals surface area contributed by atoms with Crippen molar-refractivity contribution in [2.75, 3.05) is 12.4 Å². The van der Waals surface area contributed by atoms with Crippen molar-refractivity contribution in [3.05, 3.63) is 33.8 Å². The van der Waals surface area contributed by atoms with E-state index in [1.165, 1.54) is 6.42 Å². The normalized spacial score (nSPS) is 22.5. The topological polar surface area (TPSA) is 29.1 Å². The second-order valence-electron chi connectivity index (χ2n) is 4.94. The summed E-state index contributed by atoms with van der Waals surface area (Å²) in [5.74, 6) is 1.47. The van der Waals surface area contributed by atoms with E-state index < -0.39 is 0 Å². The molecule has 2 atom stereocenters. The number of nitrogens with one attached hydrogen (secondary N) is 1. The molecule has 0 saturated heterocycles. The Labute approximate surface area is 128 Å². The molecule has 104 valence electrons. The first-order valence-corrected chi connectivity index (χ1v) is 7.70. The van der Waals surface area contributed by atoms with Gasteiger partial charge in [-0.3, -0.25) is 4.79 Å². The van der Waals surface area contributed by atoms with Crippen LogP contribution in [0.15, 0.2) is 18.2 Å². The monoisotopic (exact) mass is 319 g/mol. The molecule has 0 heterocycles. The zero-order valence-corrected chi connectivity index (χ0v) is 12.7. The average molecular weight is 321 g/mol. The largest absolute Gasteiger partial charge is 0.352 e. The van der Waals surface area contributed by atoms with E-state index in [1.807, 2.05) is 0 Å². The third-order valence-electron chi connectivity index (χ3n) is 3.71. The van der Waals surface area contributed by atoms with Gasteiger partial charge in [-0.05, 0) is 42.9 Å². The summed E-state index contributed by atoms with van der Waals surface area (Å²) in [6.07, 6.45) is 3.47. The van der Waals surface area contributed by atoms with Crippen LogP contribution in [0.2, 0.25) is 10.0 Å². The van der Waals surface area contributed by atoms with Crippen LogP contribution < -0.4 is 5.32 Å². The van der Waals surface area contributed by atoms with Crippen molar-refractivity contribution in [2.45, 2.75) is 19.3 Å². The number of hydrogen-bond donors (Lipinski definition) is 1. The molecule has 1 aromatic rings. The van der Waals surface area contributed by atoms with Crippen LogP contribution in [0.3, 0.4) is 0 Å². The highest BCUT2D eigenvalue weighted by Crippen LogP contribution is 2.32. The maximum Gasteiger partial charge on any atom is 0.252 e. The molecule has 1 saturated carbocycles. The van der Waals surface area contributed by atoms with Crippen molar-refractivity contribution in [3.8, 4) is 0 Å². The van der Waals surface area contributed by atoms with E-state index in [4.69, 9.17) is 34.8 Å². The summed E-state index contributed by atoms with van der Waals surface area (Å²) in [5.41, 5.74) is 0.426.